The van der Waals surface area contributed by atoms with Gasteiger partial charge in [-0.15, -0.1) is 11.6 Å². The molecule has 284 valence electrons. The first-order valence-corrected chi connectivity index (χ1v) is 18.8. The Morgan fingerprint density at radius 3 is 2.19 bits per heavy atom. The zero-order valence-corrected chi connectivity index (χ0v) is 33.2. The SMILES string of the molecule is CC.CCl.COCCC(C)(C)Oc1ccc(C(=O)Nc2cnc3[nH]c(C(=O)N4CCc5c4cc(O)c4ccccc54)cc3c2)cc1.Cc1ccccc1C. The molecule has 0 saturated heterocycles. The summed E-state index contributed by atoms with van der Waals surface area (Å²) < 4.78 is 11.2. The van der Waals surface area contributed by atoms with Gasteiger partial charge in [0.2, 0.25) is 0 Å². The number of anilines is 2. The van der Waals surface area contributed by atoms with Gasteiger partial charge >= 0.3 is 0 Å². The number of carbonyl (C=O) groups is 2. The van der Waals surface area contributed by atoms with Crippen molar-refractivity contribution in [2.75, 3.05) is 36.9 Å². The second-order valence-corrected chi connectivity index (χ2v) is 13.2. The van der Waals surface area contributed by atoms with Crippen molar-refractivity contribution in [3.63, 3.8) is 0 Å². The highest BCUT2D eigenvalue weighted by Gasteiger charge is 2.29. The zero-order chi connectivity index (χ0) is 39.4. The number of hydrogen-bond acceptors (Lipinski definition) is 6. The Kier molecular flexibility index (Phi) is 14.6. The van der Waals surface area contributed by atoms with Crippen molar-refractivity contribution < 1.29 is 24.2 Å². The quantitative estimate of drug-likeness (QED) is 0.133. The third kappa shape index (κ3) is 9.98. The van der Waals surface area contributed by atoms with Gasteiger partial charge in [-0.25, -0.2) is 4.98 Å². The van der Waals surface area contributed by atoms with Crippen molar-refractivity contribution in [3.8, 4) is 11.5 Å². The van der Waals surface area contributed by atoms with E-state index in [0.717, 1.165) is 22.8 Å². The molecular formula is C44H51ClN4O5. The summed E-state index contributed by atoms with van der Waals surface area (Å²) in [7, 11) is 1.66. The van der Waals surface area contributed by atoms with E-state index in [2.05, 4.69) is 65.0 Å². The van der Waals surface area contributed by atoms with E-state index in [4.69, 9.17) is 9.47 Å². The van der Waals surface area contributed by atoms with E-state index in [1.165, 1.54) is 17.5 Å². The number of H-pyrrole nitrogens is 1. The molecule has 0 unspecified atom stereocenters. The second-order valence-electron chi connectivity index (χ2n) is 13.2. The number of nitrogens with zero attached hydrogens (tertiary/aromatic N) is 2. The average molecular weight is 751 g/mol. The number of amides is 2. The van der Waals surface area contributed by atoms with E-state index in [0.29, 0.717) is 59.0 Å². The van der Waals surface area contributed by atoms with Crippen LogP contribution in [-0.2, 0) is 11.2 Å². The summed E-state index contributed by atoms with van der Waals surface area (Å²) in [4.78, 5) is 35.7. The molecule has 0 saturated carbocycles. The van der Waals surface area contributed by atoms with Crippen LogP contribution in [0.25, 0.3) is 21.8 Å². The Morgan fingerprint density at radius 2 is 1.56 bits per heavy atom. The van der Waals surface area contributed by atoms with Crippen LogP contribution in [0.3, 0.4) is 0 Å². The van der Waals surface area contributed by atoms with E-state index in [9.17, 15) is 14.7 Å². The maximum atomic E-state index is 13.5. The number of benzene rings is 4. The minimum absolute atomic E-state index is 0.149. The summed E-state index contributed by atoms with van der Waals surface area (Å²) >= 11 is 4.64. The predicted octanol–water partition coefficient (Wildman–Crippen LogP) is 10.3. The molecule has 0 aliphatic carbocycles. The smallest absolute Gasteiger partial charge is 0.274 e. The number of aryl methyl sites for hydroxylation is 2. The van der Waals surface area contributed by atoms with Crippen LogP contribution in [-0.4, -0.2) is 59.1 Å². The number of methoxy groups -OCH3 is 1. The first kappa shape index (κ1) is 41.4. The van der Waals surface area contributed by atoms with Gasteiger partial charge in [0.25, 0.3) is 11.8 Å². The number of aromatic hydroxyl groups is 1. The highest BCUT2D eigenvalue weighted by molar-refractivity contribution is 6.15. The number of phenolic OH excluding ortho intramolecular Hbond substituents is 1. The molecular weight excluding hydrogens is 700 g/mol. The molecule has 3 N–H and O–H groups in total. The van der Waals surface area contributed by atoms with Crippen molar-refractivity contribution in [2.45, 2.75) is 60.0 Å². The summed E-state index contributed by atoms with van der Waals surface area (Å²) in [5.41, 5.74) is 6.00. The molecule has 0 fully saturated rings. The van der Waals surface area contributed by atoms with Crippen molar-refractivity contribution in [1.82, 2.24) is 9.97 Å². The minimum atomic E-state index is -0.397. The lowest BCUT2D eigenvalue weighted by molar-refractivity contribution is 0.0630. The molecule has 1 aliphatic heterocycles. The largest absolute Gasteiger partial charge is 0.507 e. The van der Waals surface area contributed by atoms with E-state index in [-0.39, 0.29) is 17.6 Å². The fourth-order valence-corrected chi connectivity index (χ4v) is 6.06. The molecule has 3 heterocycles. The third-order valence-corrected chi connectivity index (χ3v) is 9.03. The third-order valence-electron chi connectivity index (χ3n) is 9.03. The summed E-state index contributed by atoms with van der Waals surface area (Å²) in [5.74, 6) is 0.328. The van der Waals surface area contributed by atoms with Gasteiger partial charge in [0.05, 0.1) is 17.6 Å². The number of hydrogen-bond donors (Lipinski definition) is 3. The van der Waals surface area contributed by atoms with Crippen LogP contribution in [0.2, 0.25) is 0 Å². The van der Waals surface area contributed by atoms with Crippen LogP contribution in [0, 0.1) is 13.8 Å². The van der Waals surface area contributed by atoms with Gasteiger partial charge < -0.3 is 29.8 Å². The number of alkyl halides is 1. The van der Waals surface area contributed by atoms with Gasteiger partial charge in [0.15, 0.2) is 0 Å². The lowest BCUT2D eigenvalue weighted by Crippen LogP contribution is -2.29. The molecule has 0 radical (unpaired) electrons. The van der Waals surface area contributed by atoms with E-state index >= 15 is 0 Å². The summed E-state index contributed by atoms with van der Waals surface area (Å²) in [5, 5.41) is 15.9. The number of phenols is 1. The number of rotatable bonds is 8. The lowest BCUT2D eigenvalue weighted by Gasteiger charge is -2.26. The van der Waals surface area contributed by atoms with Crippen LogP contribution in [0.1, 0.15) is 71.7 Å². The molecule has 0 spiro atoms. The summed E-state index contributed by atoms with van der Waals surface area (Å²) in [6, 6.07) is 28.2. The van der Waals surface area contributed by atoms with Gasteiger partial charge in [-0.1, -0.05) is 62.4 Å². The normalized spacial score (nSPS) is 11.7. The molecule has 10 heteroatoms. The second kappa shape index (κ2) is 19.1. The molecule has 1 aliphatic rings. The standard InChI is InChI=1S/C33H32N4O5.C8H10.C2H6.CH3Cl/c1-33(2,13-15-41-3)42-23-10-8-20(9-11-23)31(39)35-22-16-21-17-27(36-30(21)34-19-22)32(40)37-14-12-25-24-6-4-5-7-26(24)29(38)18-28(25)37;1-7-5-3-4-6-8(7)2;2*1-2/h4-11,16-19,38H,12-15H2,1-3H3,(H,34,36)(H,35,39);3-6H,1-2H3;1-2H3;1H3. The van der Waals surface area contributed by atoms with Crippen molar-refractivity contribution in [3.05, 3.63) is 125 Å². The van der Waals surface area contributed by atoms with Gasteiger partial charge in [-0.05, 0) is 92.6 Å². The average Bonchev–Trinajstić information content (AvgIpc) is 3.82. The fourth-order valence-electron chi connectivity index (χ4n) is 6.06. The molecule has 6 aromatic rings. The van der Waals surface area contributed by atoms with Crippen LogP contribution >= 0.6 is 11.6 Å². The van der Waals surface area contributed by atoms with E-state index in [1.54, 1.807) is 60.7 Å². The molecule has 0 bridgehead atoms. The highest BCUT2D eigenvalue weighted by atomic mass is 35.5. The van der Waals surface area contributed by atoms with Crippen LogP contribution in [0.4, 0.5) is 11.4 Å². The monoisotopic (exact) mass is 750 g/mol. The fraction of sp³-hybridized carbons (Fsp3) is 0.295. The summed E-state index contributed by atoms with van der Waals surface area (Å²) in [6.07, 6.45) is 4.46. The zero-order valence-electron chi connectivity index (χ0n) is 32.4. The Hall–Kier alpha value is -5.38. The summed E-state index contributed by atoms with van der Waals surface area (Å²) in [6.45, 7) is 13.3. The van der Waals surface area contributed by atoms with Crippen LogP contribution < -0.4 is 15.0 Å². The lowest BCUT2D eigenvalue weighted by atomic mass is 10.0. The van der Waals surface area contributed by atoms with Crippen molar-refractivity contribution in [2.24, 2.45) is 0 Å². The van der Waals surface area contributed by atoms with Gasteiger partial charge in [-0.3, -0.25) is 9.59 Å². The van der Waals surface area contributed by atoms with Crippen LogP contribution in [0.15, 0.2) is 97.2 Å². The van der Waals surface area contributed by atoms with Crippen molar-refractivity contribution >= 4 is 56.6 Å². The number of nitrogens with one attached hydrogen (secondary N) is 2. The van der Waals surface area contributed by atoms with Gasteiger partial charge in [0.1, 0.15) is 28.4 Å². The number of pyridine rings is 1. The van der Waals surface area contributed by atoms with E-state index in [1.807, 2.05) is 52.0 Å². The number of aromatic amines is 1. The number of fused-ring (bicyclic) bond motifs is 4. The first-order valence-electron chi connectivity index (χ1n) is 18.1. The van der Waals surface area contributed by atoms with Gasteiger partial charge in [0, 0.05) is 55.5 Å². The highest BCUT2D eigenvalue weighted by Crippen LogP contribution is 2.40. The molecule has 2 amide bonds. The maximum absolute atomic E-state index is 13.5. The topological polar surface area (TPSA) is 117 Å². The van der Waals surface area contributed by atoms with Crippen LogP contribution in [0.5, 0.6) is 11.5 Å². The Labute approximate surface area is 323 Å². The molecule has 7 rings (SSSR count). The van der Waals surface area contributed by atoms with Crippen molar-refractivity contribution in [1.29, 1.82) is 0 Å². The predicted molar refractivity (Wildman–Crippen MR) is 222 cm³/mol. The van der Waals surface area contributed by atoms with Gasteiger partial charge in [-0.2, -0.15) is 0 Å². The maximum Gasteiger partial charge on any atom is 0.274 e. The Balaban J connectivity index is 0.000000471. The number of ether oxygens (including phenoxy) is 2. The van der Waals surface area contributed by atoms with E-state index < -0.39 is 5.60 Å². The minimum Gasteiger partial charge on any atom is -0.507 e. The molecule has 2 aromatic heterocycles. The number of aromatic nitrogens is 2. The Bertz CT molecular complexity index is 2160. The molecule has 0 atom stereocenters. The first-order chi connectivity index (χ1) is 26.0. The molecule has 4 aromatic carbocycles. The molecule has 54 heavy (non-hydrogen) atoms. The number of carbonyl (C=O) groups excluding carboxylic acids is 2. The Morgan fingerprint density at radius 1 is 0.926 bits per heavy atom. The molecule has 9 nitrogen and oxygen atoms in total. The number of halogens is 1.